The van der Waals surface area contributed by atoms with Crippen molar-refractivity contribution in [1.82, 2.24) is 10.2 Å². The highest BCUT2D eigenvalue weighted by molar-refractivity contribution is 5.80. The van der Waals surface area contributed by atoms with Crippen molar-refractivity contribution in [2.24, 2.45) is 17.8 Å². The quantitative estimate of drug-likeness (QED) is 0.800. The van der Waals surface area contributed by atoms with Crippen molar-refractivity contribution in [3.63, 3.8) is 0 Å². The Hall–Kier alpha value is -0.830. The van der Waals surface area contributed by atoms with Gasteiger partial charge in [-0.05, 0) is 57.9 Å². The van der Waals surface area contributed by atoms with Crippen LogP contribution < -0.4 is 5.32 Å². The average molecular weight is 276 g/mol. The summed E-state index contributed by atoms with van der Waals surface area (Å²) in [7, 11) is 0. The number of hydrogen-bond acceptors (Lipinski definition) is 2. The van der Waals surface area contributed by atoms with Crippen LogP contribution in [0.3, 0.4) is 0 Å². The van der Waals surface area contributed by atoms with Gasteiger partial charge in [-0.1, -0.05) is 18.6 Å². The van der Waals surface area contributed by atoms with Crippen molar-refractivity contribution in [2.45, 2.75) is 58.0 Å². The van der Waals surface area contributed by atoms with Gasteiger partial charge in [-0.25, -0.2) is 0 Å². The van der Waals surface area contributed by atoms with Gasteiger partial charge in [0.2, 0.25) is 5.91 Å². The molecule has 1 saturated heterocycles. The lowest BCUT2D eigenvalue weighted by atomic mass is 9.91. The number of nitrogens with zero attached hydrogens (tertiary/aromatic N) is 1. The van der Waals surface area contributed by atoms with Gasteiger partial charge in [0.15, 0.2) is 0 Å². The zero-order chi connectivity index (χ0) is 14.1. The van der Waals surface area contributed by atoms with Crippen LogP contribution in [0.25, 0.3) is 0 Å². The monoisotopic (exact) mass is 276 g/mol. The highest BCUT2D eigenvalue weighted by Gasteiger charge is 2.42. The average Bonchev–Trinajstić information content (AvgIpc) is 3.07. The molecule has 2 aliphatic carbocycles. The molecule has 3 aliphatic rings. The minimum Gasteiger partial charge on any atom is -0.338 e. The first-order chi connectivity index (χ1) is 9.65. The second kappa shape index (κ2) is 5.88. The molecule has 2 bridgehead atoms. The number of allylic oxidation sites excluding steroid dienone is 2. The molecule has 2 fully saturated rings. The number of fused-ring (bicyclic) bond motifs is 2. The first-order valence-electron chi connectivity index (χ1n) is 8.37. The van der Waals surface area contributed by atoms with E-state index in [1.807, 2.05) is 0 Å². The van der Waals surface area contributed by atoms with Crippen molar-refractivity contribution < 1.29 is 4.79 Å². The molecule has 4 atom stereocenters. The Morgan fingerprint density at radius 1 is 1.30 bits per heavy atom. The third-order valence-corrected chi connectivity index (χ3v) is 5.33. The van der Waals surface area contributed by atoms with Gasteiger partial charge >= 0.3 is 0 Å². The normalized spacial score (nSPS) is 35.8. The summed E-state index contributed by atoms with van der Waals surface area (Å²) in [6, 6.07) is 0.818. The minimum absolute atomic E-state index is 0.260. The number of carbonyl (C=O) groups is 1. The number of piperidine rings is 1. The predicted molar refractivity (Wildman–Crippen MR) is 81.3 cm³/mol. The van der Waals surface area contributed by atoms with Gasteiger partial charge in [0.25, 0.3) is 0 Å². The SMILES string of the molecule is CC(C)N(CC1CCCCN1)C(=O)C1CC2C=CC1C2. The van der Waals surface area contributed by atoms with E-state index in [1.165, 1.54) is 25.7 Å². The highest BCUT2D eigenvalue weighted by Crippen LogP contribution is 2.44. The lowest BCUT2D eigenvalue weighted by Crippen LogP contribution is -2.50. The summed E-state index contributed by atoms with van der Waals surface area (Å²) in [6.45, 7) is 6.32. The van der Waals surface area contributed by atoms with E-state index in [0.717, 1.165) is 19.5 Å². The summed E-state index contributed by atoms with van der Waals surface area (Å²) in [6.07, 6.45) is 10.7. The van der Waals surface area contributed by atoms with Gasteiger partial charge in [-0.3, -0.25) is 4.79 Å². The van der Waals surface area contributed by atoms with Gasteiger partial charge in [0.1, 0.15) is 0 Å². The van der Waals surface area contributed by atoms with Crippen LogP contribution in [0.2, 0.25) is 0 Å². The smallest absolute Gasteiger partial charge is 0.226 e. The van der Waals surface area contributed by atoms with Crippen molar-refractivity contribution >= 4 is 5.91 Å². The number of amides is 1. The molecule has 1 saturated carbocycles. The van der Waals surface area contributed by atoms with Crippen LogP contribution in [0.5, 0.6) is 0 Å². The van der Waals surface area contributed by atoms with Gasteiger partial charge in [-0.15, -0.1) is 0 Å². The maximum Gasteiger partial charge on any atom is 0.226 e. The van der Waals surface area contributed by atoms with Crippen LogP contribution in [0.4, 0.5) is 0 Å². The lowest BCUT2D eigenvalue weighted by Gasteiger charge is -2.36. The van der Waals surface area contributed by atoms with Crippen molar-refractivity contribution in [2.75, 3.05) is 13.1 Å². The Morgan fingerprint density at radius 2 is 2.15 bits per heavy atom. The van der Waals surface area contributed by atoms with E-state index < -0.39 is 0 Å². The van der Waals surface area contributed by atoms with E-state index in [9.17, 15) is 4.79 Å². The Kier molecular flexibility index (Phi) is 4.16. The molecular weight excluding hydrogens is 248 g/mol. The standard InChI is InChI=1S/C17H28N2O/c1-12(2)19(11-15-5-3-4-8-18-15)17(20)16-10-13-6-7-14(16)9-13/h6-7,12-16,18H,3-5,8-11H2,1-2H3. The fourth-order valence-corrected chi connectivity index (χ4v) is 4.15. The number of carbonyl (C=O) groups excluding carboxylic acids is 1. The first-order valence-corrected chi connectivity index (χ1v) is 8.37. The van der Waals surface area contributed by atoms with Gasteiger partial charge < -0.3 is 10.2 Å². The van der Waals surface area contributed by atoms with E-state index in [1.54, 1.807) is 0 Å². The molecule has 0 radical (unpaired) electrons. The second-order valence-electron chi connectivity index (χ2n) is 7.12. The summed E-state index contributed by atoms with van der Waals surface area (Å²) in [4.78, 5) is 15.1. The molecular formula is C17H28N2O. The van der Waals surface area contributed by atoms with E-state index in [-0.39, 0.29) is 5.92 Å². The van der Waals surface area contributed by atoms with Crippen LogP contribution in [0.15, 0.2) is 12.2 Å². The molecule has 1 amide bonds. The van der Waals surface area contributed by atoms with E-state index >= 15 is 0 Å². The molecule has 3 heteroatoms. The summed E-state index contributed by atoms with van der Waals surface area (Å²) in [5.74, 6) is 1.86. The summed E-state index contributed by atoms with van der Waals surface area (Å²) in [5, 5.41) is 3.58. The van der Waals surface area contributed by atoms with Crippen LogP contribution in [-0.2, 0) is 4.79 Å². The fraction of sp³-hybridized carbons (Fsp3) is 0.824. The van der Waals surface area contributed by atoms with E-state index in [2.05, 4.69) is 36.2 Å². The van der Waals surface area contributed by atoms with Crippen molar-refractivity contribution in [3.05, 3.63) is 12.2 Å². The second-order valence-corrected chi connectivity index (χ2v) is 7.12. The first kappa shape index (κ1) is 14.1. The van der Waals surface area contributed by atoms with Crippen LogP contribution in [-0.4, -0.2) is 36.0 Å². The van der Waals surface area contributed by atoms with Gasteiger partial charge in [0, 0.05) is 24.5 Å². The molecule has 0 aromatic heterocycles. The summed E-state index contributed by atoms with van der Waals surface area (Å²) >= 11 is 0. The molecule has 1 aliphatic heterocycles. The number of hydrogen-bond donors (Lipinski definition) is 1. The topological polar surface area (TPSA) is 32.3 Å². The Labute approximate surface area is 122 Å². The predicted octanol–water partition coefficient (Wildman–Crippen LogP) is 2.58. The molecule has 1 N–H and O–H groups in total. The maximum absolute atomic E-state index is 12.9. The Bertz CT molecular complexity index is 384. The minimum atomic E-state index is 0.260. The largest absolute Gasteiger partial charge is 0.338 e. The van der Waals surface area contributed by atoms with Crippen LogP contribution >= 0.6 is 0 Å². The number of nitrogens with one attached hydrogen (secondary N) is 1. The third kappa shape index (κ3) is 2.78. The molecule has 0 spiro atoms. The van der Waals surface area contributed by atoms with Crippen LogP contribution in [0, 0.1) is 17.8 Å². The molecule has 0 aromatic carbocycles. The number of rotatable bonds is 4. The summed E-state index contributed by atoms with van der Waals surface area (Å²) in [5.41, 5.74) is 0. The molecule has 3 nitrogen and oxygen atoms in total. The van der Waals surface area contributed by atoms with Gasteiger partial charge in [0.05, 0.1) is 0 Å². The molecule has 1 heterocycles. The molecule has 20 heavy (non-hydrogen) atoms. The Morgan fingerprint density at radius 3 is 2.70 bits per heavy atom. The molecule has 0 aromatic rings. The third-order valence-electron chi connectivity index (χ3n) is 5.33. The fourth-order valence-electron chi connectivity index (χ4n) is 4.15. The van der Waals surface area contributed by atoms with Crippen molar-refractivity contribution in [3.8, 4) is 0 Å². The van der Waals surface area contributed by atoms with E-state index in [4.69, 9.17) is 0 Å². The van der Waals surface area contributed by atoms with Gasteiger partial charge in [-0.2, -0.15) is 0 Å². The molecule has 4 unspecified atom stereocenters. The van der Waals surface area contributed by atoms with Crippen molar-refractivity contribution in [1.29, 1.82) is 0 Å². The van der Waals surface area contributed by atoms with E-state index in [0.29, 0.717) is 29.8 Å². The molecule has 112 valence electrons. The zero-order valence-corrected chi connectivity index (χ0v) is 12.8. The Balaban J connectivity index is 1.63. The summed E-state index contributed by atoms with van der Waals surface area (Å²) < 4.78 is 0. The zero-order valence-electron chi connectivity index (χ0n) is 12.8. The maximum atomic E-state index is 12.9. The molecule has 3 rings (SSSR count). The van der Waals surface area contributed by atoms with Crippen LogP contribution in [0.1, 0.15) is 46.0 Å². The highest BCUT2D eigenvalue weighted by atomic mass is 16.2. The lowest BCUT2D eigenvalue weighted by molar-refractivity contribution is -0.138.